The van der Waals surface area contributed by atoms with E-state index in [9.17, 15) is 9.70 Å². The highest BCUT2D eigenvalue weighted by Crippen LogP contribution is 2.10. The lowest BCUT2D eigenvalue weighted by Gasteiger charge is -2.11. The number of carbonyl (C=O) groups excluding carboxylic acids is 1. The molecule has 0 aromatic heterocycles. The number of nitrogens with one attached hydrogen (secondary N) is 1. The third-order valence-corrected chi connectivity index (χ3v) is 2.20. The maximum Gasteiger partial charge on any atom is 0.225 e. The van der Waals surface area contributed by atoms with Crippen LogP contribution in [0, 0.1) is 10.8 Å². The van der Waals surface area contributed by atoms with E-state index < -0.39 is 0 Å². The molecule has 0 aromatic rings. The lowest BCUT2D eigenvalue weighted by atomic mass is 10.1. The van der Waals surface area contributed by atoms with Crippen molar-refractivity contribution < 1.29 is 4.79 Å². The highest BCUT2D eigenvalue weighted by Gasteiger charge is 2.13. The molecule has 0 bridgehead atoms. The standard InChI is InChI=1S/C11H15N3O2/c1-3-10(15)14-11-8(2)5-4-6-9(13-11)7-12-16/h4-6,8H,3,7H2,1-2H3,(H,13,14,15). The van der Waals surface area contributed by atoms with Gasteiger partial charge in [0.25, 0.3) is 0 Å². The molecule has 0 saturated heterocycles. The van der Waals surface area contributed by atoms with E-state index in [1.807, 2.05) is 19.1 Å². The molecule has 0 spiro atoms. The molecule has 1 amide bonds. The average Bonchev–Trinajstić information content (AvgIpc) is 2.42. The van der Waals surface area contributed by atoms with Gasteiger partial charge in [0, 0.05) is 12.3 Å². The van der Waals surface area contributed by atoms with Crippen molar-refractivity contribution in [3.63, 3.8) is 0 Å². The van der Waals surface area contributed by atoms with Crippen molar-refractivity contribution >= 4 is 11.7 Å². The second kappa shape index (κ2) is 5.95. The molecular weight excluding hydrogens is 206 g/mol. The Morgan fingerprint density at radius 2 is 2.38 bits per heavy atom. The van der Waals surface area contributed by atoms with Gasteiger partial charge in [-0.1, -0.05) is 31.2 Å². The van der Waals surface area contributed by atoms with Gasteiger partial charge >= 0.3 is 0 Å². The topological polar surface area (TPSA) is 70.9 Å². The minimum absolute atomic E-state index is 0.0164. The summed E-state index contributed by atoms with van der Waals surface area (Å²) in [6.45, 7) is 3.72. The molecule has 86 valence electrons. The van der Waals surface area contributed by atoms with Gasteiger partial charge < -0.3 is 5.32 Å². The molecule has 1 aliphatic rings. The number of hydrogen-bond donors (Lipinski definition) is 1. The van der Waals surface area contributed by atoms with E-state index in [4.69, 9.17) is 0 Å². The minimum Gasteiger partial charge on any atom is -0.314 e. The minimum atomic E-state index is -0.0840. The lowest BCUT2D eigenvalue weighted by molar-refractivity contribution is -0.119. The predicted octanol–water partition coefficient (Wildman–Crippen LogP) is 1.77. The van der Waals surface area contributed by atoms with Crippen molar-refractivity contribution in [1.29, 1.82) is 0 Å². The van der Waals surface area contributed by atoms with Crippen LogP contribution in [0.1, 0.15) is 20.3 Å². The van der Waals surface area contributed by atoms with Gasteiger partial charge in [-0.3, -0.25) is 4.79 Å². The molecule has 0 aliphatic carbocycles. The number of allylic oxidation sites excluding steroid dienone is 2. The monoisotopic (exact) mass is 221 g/mol. The SMILES string of the molecule is CCC(=O)NC1=NC(CN=O)=CC=CC1C. The molecule has 5 heteroatoms. The fourth-order valence-corrected chi connectivity index (χ4v) is 1.25. The molecule has 16 heavy (non-hydrogen) atoms. The third-order valence-electron chi connectivity index (χ3n) is 2.20. The van der Waals surface area contributed by atoms with E-state index in [0.29, 0.717) is 18.0 Å². The first kappa shape index (κ1) is 12.3. The predicted molar refractivity (Wildman–Crippen MR) is 62.9 cm³/mol. The molecule has 1 rings (SSSR count). The molecule has 0 fully saturated rings. The van der Waals surface area contributed by atoms with Crippen LogP contribution in [-0.4, -0.2) is 18.3 Å². The van der Waals surface area contributed by atoms with Gasteiger partial charge in [-0.25, -0.2) is 4.99 Å². The number of hydrogen-bond acceptors (Lipinski definition) is 4. The van der Waals surface area contributed by atoms with Gasteiger partial charge in [0.2, 0.25) is 5.91 Å². The normalized spacial score (nSPS) is 19.5. The smallest absolute Gasteiger partial charge is 0.225 e. The Labute approximate surface area is 94.3 Å². The Morgan fingerprint density at radius 1 is 1.62 bits per heavy atom. The van der Waals surface area contributed by atoms with Crippen LogP contribution in [0.15, 0.2) is 34.1 Å². The zero-order valence-corrected chi connectivity index (χ0v) is 9.43. The van der Waals surface area contributed by atoms with Crippen molar-refractivity contribution in [2.24, 2.45) is 16.1 Å². The van der Waals surface area contributed by atoms with Crippen LogP contribution >= 0.6 is 0 Å². The van der Waals surface area contributed by atoms with Crippen LogP contribution in [0.2, 0.25) is 0 Å². The summed E-state index contributed by atoms with van der Waals surface area (Å²) in [6.07, 6.45) is 5.86. The highest BCUT2D eigenvalue weighted by molar-refractivity contribution is 6.00. The summed E-state index contributed by atoms with van der Waals surface area (Å²) in [6, 6.07) is 0. The molecule has 1 heterocycles. The Kier molecular flexibility index (Phi) is 4.57. The second-order valence-corrected chi connectivity index (χ2v) is 3.52. The van der Waals surface area contributed by atoms with Crippen molar-refractivity contribution in [2.45, 2.75) is 20.3 Å². The van der Waals surface area contributed by atoms with Crippen LogP contribution < -0.4 is 5.32 Å². The average molecular weight is 221 g/mol. The van der Waals surface area contributed by atoms with E-state index in [1.165, 1.54) is 0 Å². The molecule has 5 nitrogen and oxygen atoms in total. The van der Waals surface area contributed by atoms with Gasteiger partial charge in [-0.2, -0.15) is 4.91 Å². The number of aliphatic imine (C=N–C) groups is 1. The lowest BCUT2D eigenvalue weighted by Crippen LogP contribution is -2.33. The number of amidine groups is 1. The van der Waals surface area contributed by atoms with Crippen LogP contribution in [-0.2, 0) is 4.79 Å². The molecule has 1 atom stereocenters. The summed E-state index contributed by atoms with van der Waals surface area (Å²) < 4.78 is 0. The van der Waals surface area contributed by atoms with Crippen LogP contribution in [0.3, 0.4) is 0 Å². The molecule has 1 unspecified atom stereocenters. The van der Waals surface area contributed by atoms with Crippen molar-refractivity contribution in [2.75, 3.05) is 6.54 Å². The molecule has 0 radical (unpaired) electrons. The molecular formula is C11H15N3O2. The van der Waals surface area contributed by atoms with Crippen molar-refractivity contribution in [3.8, 4) is 0 Å². The third kappa shape index (κ3) is 3.42. The fourth-order valence-electron chi connectivity index (χ4n) is 1.25. The number of carbonyl (C=O) groups is 1. The number of nitrogens with zero attached hydrogens (tertiary/aromatic N) is 2. The van der Waals surface area contributed by atoms with Gasteiger partial charge in [0.15, 0.2) is 0 Å². The summed E-state index contributed by atoms with van der Waals surface area (Å²) in [5.74, 6) is 0.505. The fraction of sp³-hybridized carbons (Fsp3) is 0.455. The summed E-state index contributed by atoms with van der Waals surface area (Å²) in [7, 11) is 0. The van der Waals surface area contributed by atoms with Crippen LogP contribution in [0.4, 0.5) is 0 Å². The first-order chi connectivity index (χ1) is 7.67. The van der Waals surface area contributed by atoms with Gasteiger partial charge in [0.05, 0.1) is 5.70 Å². The van der Waals surface area contributed by atoms with Gasteiger partial charge in [-0.05, 0) is 6.08 Å². The Balaban J connectivity index is 2.85. The zero-order chi connectivity index (χ0) is 12.0. The number of rotatable bonds is 3. The summed E-state index contributed by atoms with van der Waals surface area (Å²) in [5.41, 5.74) is 0.557. The summed E-state index contributed by atoms with van der Waals surface area (Å²) >= 11 is 0. The van der Waals surface area contributed by atoms with Gasteiger partial charge in [-0.15, -0.1) is 0 Å². The Hall–Kier alpha value is -1.78. The van der Waals surface area contributed by atoms with E-state index in [1.54, 1.807) is 13.0 Å². The maximum atomic E-state index is 11.3. The van der Waals surface area contributed by atoms with E-state index in [-0.39, 0.29) is 18.4 Å². The highest BCUT2D eigenvalue weighted by atomic mass is 16.3. The van der Waals surface area contributed by atoms with Crippen molar-refractivity contribution in [3.05, 3.63) is 28.8 Å². The molecule has 0 saturated carbocycles. The summed E-state index contributed by atoms with van der Waals surface area (Å²) in [5, 5.41) is 5.51. The maximum absolute atomic E-state index is 11.3. The zero-order valence-electron chi connectivity index (χ0n) is 9.43. The molecule has 0 aromatic carbocycles. The number of amides is 1. The Bertz CT molecular complexity index is 369. The van der Waals surface area contributed by atoms with Crippen molar-refractivity contribution in [1.82, 2.24) is 5.32 Å². The first-order valence-corrected chi connectivity index (χ1v) is 5.22. The molecule has 1 N–H and O–H groups in total. The quantitative estimate of drug-likeness (QED) is 0.738. The first-order valence-electron chi connectivity index (χ1n) is 5.22. The van der Waals surface area contributed by atoms with Gasteiger partial charge in [0.1, 0.15) is 12.4 Å². The van der Waals surface area contributed by atoms with E-state index in [2.05, 4.69) is 15.5 Å². The number of nitroso groups, excluding NO2 is 1. The van der Waals surface area contributed by atoms with Crippen LogP contribution in [0.5, 0.6) is 0 Å². The Morgan fingerprint density at radius 3 is 3.00 bits per heavy atom. The van der Waals surface area contributed by atoms with E-state index >= 15 is 0 Å². The summed E-state index contributed by atoms with van der Waals surface area (Å²) in [4.78, 5) is 25.7. The molecule has 1 aliphatic heterocycles. The largest absolute Gasteiger partial charge is 0.314 e. The second-order valence-electron chi connectivity index (χ2n) is 3.52. The van der Waals surface area contributed by atoms with Crippen LogP contribution in [0.25, 0.3) is 0 Å². The van der Waals surface area contributed by atoms with E-state index in [0.717, 1.165) is 0 Å².